The van der Waals surface area contributed by atoms with Crippen molar-refractivity contribution in [2.75, 3.05) is 5.32 Å². The quantitative estimate of drug-likeness (QED) is 0.799. The van der Waals surface area contributed by atoms with Crippen molar-refractivity contribution < 1.29 is 0 Å². The first-order valence-electron chi connectivity index (χ1n) is 6.75. The molecule has 2 rings (SSSR count). The van der Waals surface area contributed by atoms with Crippen molar-refractivity contribution >= 4 is 27.2 Å². The van der Waals surface area contributed by atoms with Crippen molar-refractivity contribution in [3.8, 4) is 0 Å². The molecule has 18 heavy (non-hydrogen) atoms. The van der Waals surface area contributed by atoms with Crippen molar-refractivity contribution in [2.24, 2.45) is 5.92 Å². The normalized spacial score (nSPS) is 13.1. The number of aromatic nitrogens is 1. The topological polar surface area (TPSA) is 24.9 Å². The maximum absolute atomic E-state index is 4.46. The van der Waals surface area contributed by atoms with Crippen molar-refractivity contribution in [2.45, 2.75) is 46.1 Å². The summed E-state index contributed by atoms with van der Waals surface area (Å²) in [6, 6.07) is 4.71. The zero-order valence-electron chi connectivity index (χ0n) is 11.4. The predicted octanol–water partition coefficient (Wildman–Crippen LogP) is 4.92. The maximum Gasteiger partial charge on any atom is 0.134 e. The molecular weight excluding hydrogens is 240 g/mol. The van der Waals surface area contributed by atoms with Gasteiger partial charge in [0.05, 0.1) is 0 Å². The summed E-state index contributed by atoms with van der Waals surface area (Å²) in [5.41, 5.74) is 0. The van der Waals surface area contributed by atoms with Gasteiger partial charge in [-0.05, 0) is 36.8 Å². The van der Waals surface area contributed by atoms with E-state index in [1.807, 2.05) is 6.20 Å². The van der Waals surface area contributed by atoms with Crippen LogP contribution >= 0.6 is 11.3 Å². The van der Waals surface area contributed by atoms with Crippen LogP contribution < -0.4 is 5.32 Å². The van der Waals surface area contributed by atoms with Crippen LogP contribution in [0.25, 0.3) is 10.1 Å². The van der Waals surface area contributed by atoms with Crippen LogP contribution in [0.3, 0.4) is 0 Å². The molecule has 0 spiro atoms. The molecule has 1 atom stereocenters. The Bertz CT molecular complexity index is 490. The molecule has 0 saturated heterocycles. The molecule has 0 saturated carbocycles. The van der Waals surface area contributed by atoms with Gasteiger partial charge in [-0.1, -0.05) is 26.7 Å². The fourth-order valence-corrected chi connectivity index (χ4v) is 2.93. The summed E-state index contributed by atoms with van der Waals surface area (Å²) in [7, 11) is 0. The molecule has 2 aromatic heterocycles. The number of hydrogen-bond acceptors (Lipinski definition) is 3. The molecule has 0 amide bonds. The Hall–Kier alpha value is -1.09. The zero-order chi connectivity index (χ0) is 13.0. The van der Waals surface area contributed by atoms with Gasteiger partial charge >= 0.3 is 0 Å². The highest BCUT2D eigenvalue weighted by Crippen LogP contribution is 2.26. The summed E-state index contributed by atoms with van der Waals surface area (Å²) >= 11 is 1.77. The van der Waals surface area contributed by atoms with Crippen LogP contribution in [-0.4, -0.2) is 11.0 Å². The Morgan fingerprint density at radius 2 is 2.06 bits per heavy atom. The van der Waals surface area contributed by atoms with Gasteiger partial charge in [0.15, 0.2) is 0 Å². The highest BCUT2D eigenvalue weighted by molar-refractivity contribution is 7.17. The lowest BCUT2D eigenvalue weighted by Crippen LogP contribution is -2.16. The lowest BCUT2D eigenvalue weighted by atomic mass is 10.0. The average molecular weight is 262 g/mol. The minimum atomic E-state index is 0.488. The number of fused-ring (bicyclic) bond motifs is 1. The summed E-state index contributed by atoms with van der Waals surface area (Å²) in [6.07, 6.45) is 5.69. The van der Waals surface area contributed by atoms with E-state index in [4.69, 9.17) is 0 Å². The van der Waals surface area contributed by atoms with Crippen LogP contribution in [0.4, 0.5) is 5.82 Å². The molecule has 2 aromatic rings. The Kier molecular flexibility index (Phi) is 4.59. The SMILES string of the molecule is CC(C)CCCC(C)Nc1nccc2sccc12. The number of pyridine rings is 1. The Morgan fingerprint density at radius 1 is 1.22 bits per heavy atom. The summed E-state index contributed by atoms with van der Waals surface area (Å²) < 4.78 is 1.31. The minimum absolute atomic E-state index is 0.488. The highest BCUT2D eigenvalue weighted by Gasteiger charge is 2.07. The second-order valence-corrected chi connectivity index (χ2v) is 6.31. The number of thiophene rings is 1. The minimum Gasteiger partial charge on any atom is -0.367 e. The molecule has 1 unspecified atom stereocenters. The number of hydrogen-bond donors (Lipinski definition) is 1. The molecule has 2 nitrogen and oxygen atoms in total. The van der Waals surface area contributed by atoms with E-state index < -0.39 is 0 Å². The van der Waals surface area contributed by atoms with E-state index in [-0.39, 0.29) is 0 Å². The number of nitrogens with one attached hydrogen (secondary N) is 1. The van der Waals surface area contributed by atoms with E-state index in [2.05, 4.69) is 48.6 Å². The average Bonchev–Trinajstić information content (AvgIpc) is 2.77. The van der Waals surface area contributed by atoms with Gasteiger partial charge in [0.2, 0.25) is 0 Å². The molecule has 0 aliphatic heterocycles. The largest absolute Gasteiger partial charge is 0.367 e. The Balaban J connectivity index is 1.94. The van der Waals surface area contributed by atoms with E-state index in [0.717, 1.165) is 11.7 Å². The fourth-order valence-electron chi connectivity index (χ4n) is 2.15. The molecule has 0 aromatic carbocycles. The lowest BCUT2D eigenvalue weighted by molar-refractivity contribution is 0.520. The van der Waals surface area contributed by atoms with Crippen molar-refractivity contribution in [3.05, 3.63) is 23.7 Å². The van der Waals surface area contributed by atoms with Gasteiger partial charge in [-0.15, -0.1) is 11.3 Å². The molecule has 1 N–H and O–H groups in total. The second kappa shape index (κ2) is 6.19. The molecule has 0 fully saturated rings. The van der Waals surface area contributed by atoms with Crippen LogP contribution in [0.15, 0.2) is 23.7 Å². The molecule has 0 aliphatic rings. The van der Waals surface area contributed by atoms with Crippen LogP contribution in [0.5, 0.6) is 0 Å². The maximum atomic E-state index is 4.46. The fraction of sp³-hybridized carbons (Fsp3) is 0.533. The van der Waals surface area contributed by atoms with E-state index in [9.17, 15) is 0 Å². The molecule has 98 valence electrons. The van der Waals surface area contributed by atoms with E-state index in [1.165, 1.54) is 29.3 Å². The molecule has 0 radical (unpaired) electrons. The molecular formula is C15H22N2S. The van der Waals surface area contributed by atoms with E-state index in [0.29, 0.717) is 6.04 Å². The number of rotatable bonds is 6. The van der Waals surface area contributed by atoms with E-state index >= 15 is 0 Å². The van der Waals surface area contributed by atoms with Crippen LogP contribution in [0, 0.1) is 5.92 Å². The Morgan fingerprint density at radius 3 is 2.83 bits per heavy atom. The summed E-state index contributed by atoms with van der Waals surface area (Å²) in [6.45, 7) is 6.81. The van der Waals surface area contributed by atoms with E-state index in [1.54, 1.807) is 11.3 Å². The van der Waals surface area contributed by atoms with Crippen LogP contribution in [0.1, 0.15) is 40.0 Å². The highest BCUT2D eigenvalue weighted by atomic mass is 32.1. The van der Waals surface area contributed by atoms with Crippen molar-refractivity contribution in [3.63, 3.8) is 0 Å². The van der Waals surface area contributed by atoms with Gasteiger partial charge in [0.25, 0.3) is 0 Å². The first-order valence-corrected chi connectivity index (χ1v) is 7.63. The first kappa shape index (κ1) is 13.3. The lowest BCUT2D eigenvalue weighted by Gasteiger charge is -2.15. The molecule has 2 heterocycles. The molecule has 0 bridgehead atoms. The van der Waals surface area contributed by atoms with Gasteiger partial charge in [-0.25, -0.2) is 4.98 Å². The van der Waals surface area contributed by atoms with Gasteiger partial charge in [0.1, 0.15) is 5.82 Å². The monoisotopic (exact) mass is 262 g/mol. The molecule has 3 heteroatoms. The Labute approximate surface area is 113 Å². The van der Waals surface area contributed by atoms with Crippen molar-refractivity contribution in [1.29, 1.82) is 0 Å². The number of nitrogens with zero attached hydrogens (tertiary/aromatic N) is 1. The standard InChI is InChI=1S/C15H22N2S/c1-11(2)5-4-6-12(3)17-15-13-8-10-18-14(13)7-9-16-15/h7-12H,4-6H2,1-3H3,(H,16,17). The number of anilines is 1. The zero-order valence-corrected chi connectivity index (χ0v) is 12.3. The third kappa shape index (κ3) is 3.45. The van der Waals surface area contributed by atoms with Gasteiger partial charge < -0.3 is 5.32 Å². The second-order valence-electron chi connectivity index (χ2n) is 5.36. The van der Waals surface area contributed by atoms with Crippen LogP contribution in [0.2, 0.25) is 0 Å². The summed E-state index contributed by atoms with van der Waals surface area (Å²) in [4.78, 5) is 4.46. The van der Waals surface area contributed by atoms with Crippen molar-refractivity contribution in [1.82, 2.24) is 4.98 Å². The predicted molar refractivity (Wildman–Crippen MR) is 81.4 cm³/mol. The molecule has 0 aliphatic carbocycles. The first-order chi connectivity index (χ1) is 8.66. The summed E-state index contributed by atoms with van der Waals surface area (Å²) in [5.74, 6) is 1.83. The summed E-state index contributed by atoms with van der Waals surface area (Å²) in [5, 5.41) is 6.91. The third-order valence-electron chi connectivity index (χ3n) is 3.18. The van der Waals surface area contributed by atoms with Gasteiger partial charge in [0, 0.05) is 22.3 Å². The van der Waals surface area contributed by atoms with Gasteiger partial charge in [-0.2, -0.15) is 0 Å². The van der Waals surface area contributed by atoms with Crippen LogP contribution in [-0.2, 0) is 0 Å². The third-order valence-corrected chi connectivity index (χ3v) is 4.06. The van der Waals surface area contributed by atoms with Gasteiger partial charge in [-0.3, -0.25) is 0 Å². The smallest absolute Gasteiger partial charge is 0.134 e.